The van der Waals surface area contributed by atoms with Crippen molar-refractivity contribution in [2.45, 2.75) is 57.0 Å². The molecule has 1 aromatic carbocycles. The monoisotopic (exact) mass is 354 g/mol. The molecule has 1 saturated heterocycles. The first-order valence-electron chi connectivity index (χ1n) is 9.63. The maximum atomic E-state index is 11.7. The largest absolute Gasteiger partial charge is 0.423 e. The van der Waals surface area contributed by atoms with Crippen molar-refractivity contribution in [1.29, 1.82) is 0 Å². The van der Waals surface area contributed by atoms with Gasteiger partial charge in [0.05, 0.1) is 6.04 Å². The molecule has 138 valence electrons. The van der Waals surface area contributed by atoms with E-state index in [2.05, 4.69) is 20.4 Å². The molecule has 0 bridgehead atoms. The fourth-order valence-electron chi connectivity index (χ4n) is 3.80. The summed E-state index contributed by atoms with van der Waals surface area (Å²) in [5.41, 5.74) is 1.89. The molecule has 2 fully saturated rings. The Kier molecular flexibility index (Phi) is 5.02. The molecule has 1 amide bonds. The molecule has 2 aromatic rings. The van der Waals surface area contributed by atoms with E-state index in [4.69, 9.17) is 4.42 Å². The second-order valence-corrected chi connectivity index (χ2v) is 7.36. The van der Waals surface area contributed by atoms with Crippen LogP contribution in [0.4, 0.5) is 0 Å². The van der Waals surface area contributed by atoms with Gasteiger partial charge in [-0.1, -0.05) is 25.0 Å². The van der Waals surface area contributed by atoms with Crippen molar-refractivity contribution < 1.29 is 9.21 Å². The summed E-state index contributed by atoms with van der Waals surface area (Å²) in [6.45, 7) is 1.86. The Hall–Kier alpha value is -2.21. The molecule has 0 spiro atoms. The lowest BCUT2D eigenvalue weighted by Crippen LogP contribution is -2.33. The summed E-state index contributed by atoms with van der Waals surface area (Å²) in [6.07, 6.45) is 7.06. The molecule has 4 rings (SSSR count). The topological polar surface area (TPSA) is 71.3 Å². The van der Waals surface area contributed by atoms with Crippen LogP contribution >= 0.6 is 0 Å². The van der Waals surface area contributed by atoms with Crippen LogP contribution in [0.25, 0.3) is 0 Å². The molecular formula is C20H26N4O2. The Balaban J connectivity index is 1.47. The summed E-state index contributed by atoms with van der Waals surface area (Å²) in [7, 11) is 1.65. The van der Waals surface area contributed by atoms with Crippen molar-refractivity contribution in [3.05, 3.63) is 47.2 Å². The first-order chi connectivity index (χ1) is 12.7. The lowest BCUT2D eigenvalue weighted by molar-refractivity contribution is 0.0963. The fraction of sp³-hybridized carbons (Fsp3) is 0.550. The van der Waals surface area contributed by atoms with Crippen LogP contribution in [0, 0.1) is 0 Å². The Bertz CT molecular complexity index is 751. The number of nitrogens with one attached hydrogen (secondary N) is 1. The molecule has 1 aromatic heterocycles. The number of benzene rings is 1. The predicted octanol–water partition coefficient (Wildman–Crippen LogP) is 3.42. The van der Waals surface area contributed by atoms with Gasteiger partial charge in [-0.25, -0.2) is 0 Å². The molecule has 26 heavy (non-hydrogen) atoms. The third-order valence-electron chi connectivity index (χ3n) is 5.64. The summed E-state index contributed by atoms with van der Waals surface area (Å²) in [5, 5.41) is 11.3. The van der Waals surface area contributed by atoms with Crippen LogP contribution in [0.1, 0.15) is 78.2 Å². The van der Waals surface area contributed by atoms with Crippen molar-refractivity contribution in [2.24, 2.45) is 0 Å². The van der Waals surface area contributed by atoms with Gasteiger partial charge >= 0.3 is 0 Å². The van der Waals surface area contributed by atoms with Gasteiger partial charge in [0, 0.05) is 25.1 Å². The van der Waals surface area contributed by atoms with Gasteiger partial charge in [-0.05, 0) is 49.9 Å². The third kappa shape index (κ3) is 3.51. The van der Waals surface area contributed by atoms with Gasteiger partial charge < -0.3 is 9.73 Å². The average molecular weight is 354 g/mol. The summed E-state index contributed by atoms with van der Waals surface area (Å²) >= 11 is 0. The van der Waals surface area contributed by atoms with E-state index < -0.39 is 0 Å². The van der Waals surface area contributed by atoms with E-state index in [0.717, 1.165) is 31.3 Å². The van der Waals surface area contributed by atoms with Crippen LogP contribution in [-0.2, 0) is 6.54 Å². The number of nitrogens with zero attached hydrogens (tertiary/aromatic N) is 3. The minimum absolute atomic E-state index is 0.0539. The molecule has 0 radical (unpaired) electrons. The Morgan fingerprint density at radius 1 is 1.12 bits per heavy atom. The highest BCUT2D eigenvalue weighted by atomic mass is 16.4. The summed E-state index contributed by atoms with van der Waals surface area (Å²) < 4.78 is 6.04. The predicted molar refractivity (Wildman–Crippen MR) is 97.7 cm³/mol. The number of carbonyl (C=O) groups excluding carboxylic acids is 1. The molecule has 1 atom stereocenters. The zero-order chi connectivity index (χ0) is 17.9. The summed E-state index contributed by atoms with van der Waals surface area (Å²) in [4.78, 5) is 14.1. The van der Waals surface area contributed by atoms with Gasteiger partial charge in [-0.15, -0.1) is 10.2 Å². The quantitative estimate of drug-likeness (QED) is 0.891. The maximum absolute atomic E-state index is 11.7. The molecule has 6 nitrogen and oxygen atoms in total. The molecule has 2 aliphatic rings. The van der Waals surface area contributed by atoms with Gasteiger partial charge in [-0.3, -0.25) is 9.69 Å². The zero-order valence-corrected chi connectivity index (χ0v) is 15.3. The van der Waals surface area contributed by atoms with Crippen molar-refractivity contribution >= 4 is 5.91 Å². The number of piperidine rings is 1. The van der Waals surface area contributed by atoms with Crippen LogP contribution in [0.3, 0.4) is 0 Å². The van der Waals surface area contributed by atoms with E-state index in [9.17, 15) is 4.79 Å². The standard InChI is InChI=1S/C20H26N4O2/c1-21-18(25)15-10-8-14(9-11-15)13-24-12-3-2-7-17(24)20-23-22-19(26-20)16-5-4-6-16/h8-11,16-17H,2-7,12-13H2,1H3,(H,21,25). The minimum atomic E-state index is -0.0539. The van der Waals surface area contributed by atoms with Gasteiger partial charge in [0.15, 0.2) is 0 Å². The number of carbonyl (C=O) groups is 1. The fourth-order valence-corrected chi connectivity index (χ4v) is 3.80. The number of likely N-dealkylation sites (tertiary alicyclic amines) is 1. The summed E-state index contributed by atoms with van der Waals surface area (Å²) in [6, 6.07) is 8.03. The normalized spacial score (nSPS) is 21.3. The number of aromatic nitrogens is 2. The van der Waals surface area contributed by atoms with Crippen LogP contribution in [0.5, 0.6) is 0 Å². The van der Waals surface area contributed by atoms with E-state index in [1.807, 2.05) is 24.3 Å². The highest BCUT2D eigenvalue weighted by molar-refractivity contribution is 5.93. The lowest BCUT2D eigenvalue weighted by Gasteiger charge is -2.33. The number of hydrogen-bond acceptors (Lipinski definition) is 5. The molecule has 1 aliphatic heterocycles. The Morgan fingerprint density at radius 3 is 2.58 bits per heavy atom. The number of rotatable bonds is 5. The van der Waals surface area contributed by atoms with Gasteiger partial charge in [0.2, 0.25) is 11.8 Å². The Morgan fingerprint density at radius 2 is 1.88 bits per heavy atom. The average Bonchev–Trinajstić information content (AvgIpc) is 3.10. The SMILES string of the molecule is CNC(=O)c1ccc(CN2CCCCC2c2nnc(C3CCC3)o2)cc1. The molecule has 1 saturated carbocycles. The van der Waals surface area contributed by atoms with Gasteiger partial charge in [-0.2, -0.15) is 0 Å². The van der Waals surface area contributed by atoms with Crippen molar-refractivity contribution in [1.82, 2.24) is 20.4 Å². The molecule has 1 unspecified atom stereocenters. The highest BCUT2D eigenvalue weighted by Crippen LogP contribution is 2.38. The van der Waals surface area contributed by atoms with Crippen molar-refractivity contribution in [2.75, 3.05) is 13.6 Å². The first kappa shape index (κ1) is 17.2. The smallest absolute Gasteiger partial charge is 0.251 e. The maximum Gasteiger partial charge on any atom is 0.251 e. The van der Waals surface area contributed by atoms with E-state index in [1.165, 1.54) is 37.7 Å². The van der Waals surface area contributed by atoms with Crippen molar-refractivity contribution in [3.8, 4) is 0 Å². The molecule has 1 N–H and O–H groups in total. The minimum Gasteiger partial charge on any atom is -0.423 e. The van der Waals surface area contributed by atoms with E-state index >= 15 is 0 Å². The third-order valence-corrected chi connectivity index (χ3v) is 5.64. The van der Waals surface area contributed by atoms with Crippen LogP contribution < -0.4 is 5.32 Å². The first-order valence-corrected chi connectivity index (χ1v) is 9.63. The summed E-state index contributed by atoms with van der Waals surface area (Å²) in [5.74, 6) is 2.02. The van der Waals surface area contributed by atoms with Crippen molar-refractivity contribution in [3.63, 3.8) is 0 Å². The van der Waals surface area contributed by atoms with Gasteiger partial charge in [0.1, 0.15) is 0 Å². The van der Waals surface area contributed by atoms with E-state index in [0.29, 0.717) is 11.5 Å². The lowest BCUT2D eigenvalue weighted by atomic mass is 9.85. The van der Waals surface area contributed by atoms with E-state index in [1.54, 1.807) is 7.05 Å². The van der Waals surface area contributed by atoms with Crippen LogP contribution in [-0.4, -0.2) is 34.6 Å². The second-order valence-electron chi connectivity index (χ2n) is 7.36. The number of amides is 1. The highest BCUT2D eigenvalue weighted by Gasteiger charge is 2.31. The molecule has 6 heteroatoms. The molecule has 1 aliphatic carbocycles. The molecular weight excluding hydrogens is 328 g/mol. The zero-order valence-electron chi connectivity index (χ0n) is 15.3. The Labute approximate surface area is 154 Å². The number of hydrogen-bond donors (Lipinski definition) is 1. The van der Waals surface area contributed by atoms with Crippen LogP contribution in [0.15, 0.2) is 28.7 Å². The van der Waals surface area contributed by atoms with E-state index in [-0.39, 0.29) is 11.9 Å². The second kappa shape index (κ2) is 7.58. The van der Waals surface area contributed by atoms with Gasteiger partial charge in [0.25, 0.3) is 5.91 Å². The molecule has 2 heterocycles. The van der Waals surface area contributed by atoms with Crippen LogP contribution in [0.2, 0.25) is 0 Å².